The number of nitrogens with one attached hydrogen (secondary N) is 5. The number of hydrogen-bond acceptors (Lipinski definition) is 10. The van der Waals surface area contributed by atoms with Crippen molar-refractivity contribution in [1.82, 2.24) is 45.9 Å². The van der Waals surface area contributed by atoms with E-state index >= 15 is 0 Å². The van der Waals surface area contributed by atoms with E-state index in [1.807, 2.05) is 71.0 Å². The average Bonchev–Trinajstić information content (AvgIpc) is 3.97. The topological polar surface area (TPSA) is 215 Å². The van der Waals surface area contributed by atoms with Crippen LogP contribution in [0.15, 0.2) is 61.2 Å². The van der Waals surface area contributed by atoms with Gasteiger partial charge >= 0.3 is 0 Å². The number of carbonyl (C=O) groups is 3. The molecule has 0 saturated carbocycles. The summed E-state index contributed by atoms with van der Waals surface area (Å²) in [5.74, 6) is 1.54. The summed E-state index contributed by atoms with van der Waals surface area (Å²) in [5.41, 5.74) is 13.7. The Kier molecular flexibility index (Phi) is 11.0. The van der Waals surface area contributed by atoms with Crippen molar-refractivity contribution in [2.24, 2.45) is 5.73 Å². The quantitative estimate of drug-likeness (QED) is 0.0925. The molecular formula is C41H46N10O5. The number of carbonyl (C=O) groups excluding carboxylic acids is 3. The molecule has 2 aliphatic carbocycles. The Hall–Kier alpha value is -6.35. The minimum Gasteiger partial charge on any atom is -0.437 e. The first-order valence-electron chi connectivity index (χ1n) is 18.9. The Bertz CT molecular complexity index is 2420. The first-order chi connectivity index (χ1) is 26.9. The molecule has 0 bridgehead atoms. The minimum atomic E-state index is -0.213. The van der Waals surface area contributed by atoms with Crippen molar-refractivity contribution in [3.63, 3.8) is 0 Å². The highest BCUT2D eigenvalue weighted by Crippen LogP contribution is 2.36. The van der Waals surface area contributed by atoms with Gasteiger partial charge in [0.15, 0.2) is 11.3 Å². The fraction of sp³-hybridized carbons (Fsp3) is 0.341. The number of H-pyrrole nitrogens is 2. The van der Waals surface area contributed by atoms with Gasteiger partial charge in [-0.05, 0) is 99.9 Å². The third-order valence-corrected chi connectivity index (χ3v) is 9.58. The van der Waals surface area contributed by atoms with Gasteiger partial charge in [0.1, 0.15) is 22.5 Å². The lowest BCUT2D eigenvalue weighted by atomic mass is 10.1. The number of nitrogens with zero attached hydrogens (tertiary/aromatic N) is 4. The Morgan fingerprint density at radius 2 is 1.27 bits per heavy atom. The summed E-state index contributed by atoms with van der Waals surface area (Å²) in [6.07, 6.45) is 10.5. The summed E-state index contributed by atoms with van der Waals surface area (Å²) in [7, 11) is 0. The number of aromatic nitrogens is 6. The third kappa shape index (κ3) is 8.32. The summed E-state index contributed by atoms with van der Waals surface area (Å²) in [5, 5.41) is 8.78. The summed E-state index contributed by atoms with van der Waals surface area (Å²) < 4.78 is 11.8. The molecule has 15 nitrogen and oxygen atoms in total. The van der Waals surface area contributed by atoms with Crippen LogP contribution in [0.2, 0.25) is 0 Å². The Morgan fingerprint density at radius 1 is 0.768 bits per heavy atom. The van der Waals surface area contributed by atoms with Crippen LogP contribution in [0.4, 0.5) is 0 Å². The highest BCUT2D eigenvalue weighted by molar-refractivity contribution is 6.05. The van der Waals surface area contributed by atoms with Crippen LogP contribution in [0.5, 0.6) is 23.3 Å². The van der Waals surface area contributed by atoms with Crippen molar-refractivity contribution in [3.8, 4) is 23.3 Å². The third-order valence-electron chi connectivity index (χ3n) is 9.58. The molecule has 7 N–H and O–H groups in total. The number of aromatic amines is 2. The van der Waals surface area contributed by atoms with Crippen LogP contribution in [-0.4, -0.2) is 59.7 Å². The number of nitrogens with two attached hydrogens (primary N) is 1. The fourth-order valence-electron chi connectivity index (χ4n) is 6.88. The van der Waals surface area contributed by atoms with E-state index in [9.17, 15) is 14.4 Å². The lowest BCUT2D eigenvalue weighted by Gasteiger charge is -2.14. The lowest BCUT2D eigenvalue weighted by Crippen LogP contribution is -2.29. The van der Waals surface area contributed by atoms with Gasteiger partial charge in [-0.2, -0.15) is 0 Å². The molecule has 2 aromatic carbocycles. The van der Waals surface area contributed by atoms with Crippen LogP contribution in [0.3, 0.4) is 0 Å². The van der Waals surface area contributed by atoms with E-state index in [1.54, 1.807) is 12.4 Å². The largest absolute Gasteiger partial charge is 0.437 e. The molecule has 2 atom stereocenters. The van der Waals surface area contributed by atoms with Crippen molar-refractivity contribution < 1.29 is 23.9 Å². The molecule has 4 aromatic heterocycles. The molecule has 4 heterocycles. The second-order valence-electron chi connectivity index (χ2n) is 14.6. The van der Waals surface area contributed by atoms with E-state index < -0.39 is 0 Å². The molecule has 0 unspecified atom stereocenters. The van der Waals surface area contributed by atoms with E-state index in [-0.39, 0.29) is 41.9 Å². The summed E-state index contributed by atoms with van der Waals surface area (Å²) in [4.78, 5) is 60.0. The van der Waals surface area contributed by atoms with E-state index in [0.29, 0.717) is 63.1 Å². The zero-order valence-electron chi connectivity index (χ0n) is 32.0. The van der Waals surface area contributed by atoms with E-state index in [4.69, 9.17) is 15.2 Å². The first-order valence-corrected chi connectivity index (χ1v) is 18.9. The van der Waals surface area contributed by atoms with Gasteiger partial charge in [0, 0.05) is 36.9 Å². The van der Waals surface area contributed by atoms with Gasteiger partial charge in [-0.15, -0.1) is 0 Å². The van der Waals surface area contributed by atoms with Gasteiger partial charge in [0.05, 0.1) is 29.6 Å². The number of ether oxygens (including phenoxy) is 2. The molecule has 0 spiro atoms. The highest BCUT2D eigenvalue weighted by Gasteiger charge is 2.25. The molecule has 2 aliphatic rings. The van der Waals surface area contributed by atoms with E-state index in [1.165, 1.54) is 23.5 Å². The Morgan fingerprint density at radius 3 is 1.79 bits per heavy atom. The molecule has 290 valence electrons. The maximum Gasteiger partial charge on any atom is 0.255 e. The SMILES string of the molecule is CC(C)NC(=O)c1c[nH]c2ncc(Oc3ccc4c(c3)[C@H](N)CC4)nc12.CCC(=O)N[C@@H]1CCc2ccc(Oc3cnc4[nH]cc(C(=O)NC(C)C)c4n3)cc21. The number of benzene rings is 2. The minimum absolute atomic E-state index is 0.000528. The molecule has 56 heavy (non-hydrogen) atoms. The van der Waals surface area contributed by atoms with Gasteiger partial charge in [0.2, 0.25) is 17.7 Å². The molecule has 8 rings (SSSR count). The van der Waals surface area contributed by atoms with E-state index in [0.717, 1.165) is 36.8 Å². The Labute approximate surface area is 323 Å². The highest BCUT2D eigenvalue weighted by atomic mass is 16.5. The van der Waals surface area contributed by atoms with Crippen molar-refractivity contribution >= 4 is 40.0 Å². The first kappa shape index (κ1) is 37.9. The lowest BCUT2D eigenvalue weighted by molar-refractivity contribution is -0.121. The zero-order chi connectivity index (χ0) is 39.5. The summed E-state index contributed by atoms with van der Waals surface area (Å²) in [6, 6.07) is 11.9. The average molecular weight is 759 g/mol. The van der Waals surface area contributed by atoms with Crippen LogP contribution in [-0.2, 0) is 17.6 Å². The van der Waals surface area contributed by atoms with Gasteiger partial charge in [-0.3, -0.25) is 14.4 Å². The maximum absolute atomic E-state index is 12.4. The van der Waals surface area contributed by atoms with Gasteiger partial charge in [0.25, 0.3) is 11.8 Å². The fourth-order valence-corrected chi connectivity index (χ4v) is 6.88. The Balaban J connectivity index is 0.000000173. The number of amides is 3. The normalized spacial score (nSPS) is 15.6. The van der Waals surface area contributed by atoms with Crippen molar-refractivity contribution in [3.05, 3.63) is 94.6 Å². The zero-order valence-corrected chi connectivity index (χ0v) is 32.0. The molecule has 0 aliphatic heterocycles. The van der Waals surface area contributed by atoms with Crippen LogP contribution >= 0.6 is 0 Å². The number of hydrogen-bond donors (Lipinski definition) is 6. The number of rotatable bonds is 10. The molecule has 0 fully saturated rings. The van der Waals surface area contributed by atoms with Gasteiger partial charge in [-0.25, -0.2) is 19.9 Å². The molecule has 6 aromatic rings. The van der Waals surface area contributed by atoms with Gasteiger partial charge in [-0.1, -0.05) is 19.1 Å². The molecular weight excluding hydrogens is 713 g/mol. The number of aryl methyl sites for hydroxylation is 2. The second-order valence-corrected chi connectivity index (χ2v) is 14.6. The maximum atomic E-state index is 12.4. The van der Waals surface area contributed by atoms with Crippen LogP contribution in [0.1, 0.15) is 109 Å². The molecule has 0 radical (unpaired) electrons. The van der Waals surface area contributed by atoms with Crippen LogP contribution < -0.4 is 31.2 Å². The van der Waals surface area contributed by atoms with Crippen LogP contribution in [0, 0.1) is 0 Å². The second kappa shape index (κ2) is 16.2. The summed E-state index contributed by atoms with van der Waals surface area (Å²) in [6.45, 7) is 9.46. The molecule has 0 saturated heterocycles. The number of fused-ring (bicyclic) bond motifs is 4. The summed E-state index contributed by atoms with van der Waals surface area (Å²) >= 11 is 0. The predicted octanol–water partition coefficient (Wildman–Crippen LogP) is 6.24. The molecule has 3 amide bonds. The van der Waals surface area contributed by atoms with E-state index in [2.05, 4.69) is 45.9 Å². The monoisotopic (exact) mass is 758 g/mol. The van der Waals surface area contributed by atoms with Crippen molar-refractivity contribution in [1.29, 1.82) is 0 Å². The van der Waals surface area contributed by atoms with Gasteiger partial charge < -0.3 is 41.1 Å². The smallest absolute Gasteiger partial charge is 0.255 e. The standard InChI is InChI=1S/C22H25N5O3.C19H21N5O2/c1-4-18(28)26-17-8-6-13-5-7-14(9-15(13)17)30-19-11-24-21-20(27-19)16(10-23-21)22(29)25-12(2)3;1-10(2)23-19(25)14-8-21-18-17(14)24-16(9-22-18)26-12-5-3-11-4-6-15(20)13(11)7-12/h5,7,9-12,17H,4,6,8H2,1-3H3,(H,23,24)(H,25,29)(H,26,28);3,5,7-10,15H,4,6,20H2,1-2H3,(H,21,22)(H,23,25)/t17-;15-/m11/s1. The van der Waals surface area contributed by atoms with Crippen molar-refractivity contribution in [2.45, 2.75) is 90.9 Å². The predicted molar refractivity (Wildman–Crippen MR) is 211 cm³/mol. The molecule has 15 heteroatoms. The van der Waals surface area contributed by atoms with Crippen molar-refractivity contribution in [2.75, 3.05) is 0 Å². The van der Waals surface area contributed by atoms with Crippen LogP contribution in [0.25, 0.3) is 22.3 Å².